The number of aliphatic imine (C=N–C) groups is 1. The Morgan fingerprint density at radius 3 is 2.76 bits per heavy atom. The molecule has 2 unspecified atom stereocenters. The highest BCUT2D eigenvalue weighted by Crippen LogP contribution is 2.30. The topological polar surface area (TPSA) is 66.8 Å². The monoisotopic (exact) mass is 312 g/mol. The minimum atomic E-state index is -3.82. The Hall–Kier alpha value is -1.56. The Morgan fingerprint density at radius 1 is 1.43 bits per heavy atom. The minimum Gasteiger partial charge on any atom is -0.211 e. The normalized spacial score (nSPS) is 23.6. The van der Waals surface area contributed by atoms with E-state index < -0.39 is 22.0 Å². The van der Waals surface area contributed by atoms with Crippen LogP contribution in [0.1, 0.15) is 25.3 Å². The van der Waals surface area contributed by atoms with Gasteiger partial charge in [-0.1, -0.05) is 6.92 Å². The molecule has 0 bridgehead atoms. The Kier molecular flexibility index (Phi) is 4.56. The third kappa shape index (κ3) is 3.05. The zero-order valence-electron chi connectivity index (χ0n) is 11.9. The highest BCUT2D eigenvalue weighted by atomic mass is 32.2. The molecule has 0 radical (unpaired) electrons. The van der Waals surface area contributed by atoms with Gasteiger partial charge in [-0.05, 0) is 49.4 Å². The van der Waals surface area contributed by atoms with Gasteiger partial charge in [0.2, 0.25) is 16.1 Å². The maximum absolute atomic E-state index is 13.2. The molecular formula is C14H17FN2O3S. The highest BCUT2D eigenvalue weighted by Gasteiger charge is 2.38. The lowest BCUT2D eigenvalue weighted by Crippen LogP contribution is -2.46. The van der Waals surface area contributed by atoms with Gasteiger partial charge in [-0.25, -0.2) is 17.6 Å². The van der Waals surface area contributed by atoms with Crippen LogP contribution in [0.4, 0.5) is 4.39 Å². The van der Waals surface area contributed by atoms with Crippen molar-refractivity contribution < 1.29 is 17.6 Å². The van der Waals surface area contributed by atoms with Gasteiger partial charge < -0.3 is 0 Å². The number of benzene rings is 1. The molecule has 0 N–H and O–H groups in total. The number of carbonyl (C=O) groups excluding carboxylic acids is 1. The predicted octanol–water partition coefficient (Wildman–Crippen LogP) is 2.22. The lowest BCUT2D eigenvalue weighted by Gasteiger charge is -2.35. The number of piperidine rings is 1. The molecule has 1 aromatic rings. The maximum Gasteiger partial charge on any atom is 0.245 e. The van der Waals surface area contributed by atoms with Crippen molar-refractivity contribution in [2.75, 3.05) is 6.54 Å². The summed E-state index contributed by atoms with van der Waals surface area (Å²) in [6, 6.07) is 3.55. The van der Waals surface area contributed by atoms with Gasteiger partial charge in [0.15, 0.2) is 0 Å². The second-order valence-corrected chi connectivity index (χ2v) is 7.14. The summed E-state index contributed by atoms with van der Waals surface area (Å²) in [5.74, 6) is -0.545. The van der Waals surface area contributed by atoms with Crippen molar-refractivity contribution in [3.05, 3.63) is 29.6 Å². The molecule has 1 heterocycles. The molecule has 5 nitrogen and oxygen atoms in total. The third-order valence-electron chi connectivity index (χ3n) is 3.75. The van der Waals surface area contributed by atoms with Gasteiger partial charge >= 0.3 is 0 Å². The fourth-order valence-electron chi connectivity index (χ4n) is 2.67. The number of sulfonamides is 1. The van der Waals surface area contributed by atoms with Crippen LogP contribution in [0.25, 0.3) is 0 Å². The van der Waals surface area contributed by atoms with Crippen LogP contribution in [-0.4, -0.2) is 31.5 Å². The molecule has 2 atom stereocenters. The molecule has 1 saturated heterocycles. The molecule has 1 aliphatic rings. The van der Waals surface area contributed by atoms with E-state index in [1.165, 1.54) is 22.5 Å². The van der Waals surface area contributed by atoms with Crippen LogP contribution in [0.3, 0.4) is 0 Å². The summed E-state index contributed by atoms with van der Waals surface area (Å²) in [6.07, 6.45) is 2.21. The summed E-state index contributed by atoms with van der Waals surface area (Å²) in [4.78, 5) is 14.3. The van der Waals surface area contributed by atoms with Crippen LogP contribution in [0.15, 0.2) is 28.1 Å². The van der Waals surface area contributed by atoms with Crippen LogP contribution >= 0.6 is 0 Å². The van der Waals surface area contributed by atoms with E-state index in [0.717, 1.165) is 12.5 Å². The molecule has 7 heteroatoms. The Morgan fingerprint density at radius 2 is 2.14 bits per heavy atom. The third-order valence-corrected chi connectivity index (χ3v) is 5.78. The first kappa shape index (κ1) is 15.8. The lowest BCUT2D eigenvalue weighted by atomic mass is 9.98. The van der Waals surface area contributed by atoms with Crippen molar-refractivity contribution in [3.8, 4) is 0 Å². The quantitative estimate of drug-likeness (QED) is 0.635. The Labute approximate surface area is 123 Å². The minimum absolute atomic E-state index is 0.0455. The smallest absolute Gasteiger partial charge is 0.211 e. The summed E-state index contributed by atoms with van der Waals surface area (Å²) in [5, 5.41) is 0. The van der Waals surface area contributed by atoms with Crippen molar-refractivity contribution in [1.29, 1.82) is 0 Å². The standard InChI is InChI=1S/C14H17FN2O3S/c1-10-4-3-7-17(14(10)16-9-18)21(19,20)13-6-5-12(15)8-11(13)2/h5-6,8,10,14H,3-4,7H2,1-2H3. The fourth-order valence-corrected chi connectivity index (χ4v) is 4.54. The average Bonchev–Trinajstić information content (AvgIpc) is 2.40. The number of rotatable bonds is 3. The zero-order chi connectivity index (χ0) is 15.6. The van der Waals surface area contributed by atoms with Gasteiger partial charge in [-0.2, -0.15) is 9.30 Å². The molecule has 1 aromatic carbocycles. The molecule has 0 amide bonds. The molecule has 1 aliphatic heterocycles. The molecule has 114 valence electrons. The van der Waals surface area contributed by atoms with E-state index in [-0.39, 0.29) is 10.8 Å². The largest absolute Gasteiger partial charge is 0.245 e. The molecule has 1 fully saturated rings. The van der Waals surface area contributed by atoms with Crippen molar-refractivity contribution in [2.24, 2.45) is 10.9 Å². The average molecular weight is 312 g/mol. The summed E-state index contributed by atoms with van der Waals surface area (Å²) in [7, 11) is -3.82. The summed E-state index contributed by atoms with van der Waals surface area (Å²) in [5.41, 5.74) is 0.335. The van der Waals surface area contributed by atoms with Crippen LogP contribution in [0.5, 0.6) is 0 Å². The zero-order valence-corrected chi connectivity index (χ0v) is 12.7. The van der Waals surface area contributed by atoms with Crippen LogP contribution < -0.4 is 0 Å². The first-order valence-corrected chi connectivity index (χ1v) is 8.17. The van der Waals surface area contributed by atoms with Crippen molar-refractivity contribution in [2.45, 2.75) is 37.8 Å². The van der Waals surface area contributed by atoms with E-state index in [0.29, 0.717) is 18.5 Å². The number of aryl methyl sites for hydroxylation is 1. The van der Waals surface area contributed by atoms with Gasteiger partial charge in [0.25, 0.3) is 0 Å². The lowest BCUT2D eigenvalue weighted by molar-refractivity contribution is 0.194. The van der Waals surface area contributed by atoms with E-state index >= 15 is 0 Å². The maximum atomic E-state index is 13.2. The van der Waals surface area contributed by atoms with Crippen LogP contribution in [0.2, 0.25) is 0 Å². The van der Waals surface area contributed by atoms with Gasteiger partial charge in [-0.3, -0.25) is 0 Å². The highest BCUT2D eigenvalue weighted by molar-refractivity contribution is 7.89. The van der Waals surface area contributed by atoms with Gasteiger partial charge in [0.1, 0.15) is 12.0 Å². The first-order valence-electron chi connectivity index (χ1n) is 6.73. The number of hydrogen-bond acceptors (Lipinski definition) is 4. The first-order chi connectivity index (χ1) is 9.87. The van der Waals surface area contributed by atoms with Gasteiger partial charge in [-0.15, -0.1) is 0 Å². The molecule has 0 aliphatic carbocycles. The van der Waals surface area contributed by atoms with E-state index in [9.17, 15) is 17.6 Å². The SMILES string of the molecule is Cc1cc(F)ccc1S(=O)(=O)N1CCCC(C)C1N=C=O. The Balaban J connectivity index is 2.48. The number of halogens is 1. The summed E-state index contributed by atoms with van der Waals surface area (Å²) >= 11 is 0. The summed E-state index contributed by atoms with van der Waals surface area (Å²) in [6.45, 7) is 3.69. The van der Waals surface area contributed by atoms with E-state index in [1.54, 1.807) is 6.92 Å². The van der Waals surface area contributed by atoms with E-state index in [2.05, 4.69) is 4.99 Å². The molecule has 21 heavy (non-hydrogen) atoms. The number of hydrogen-bond donors (Lipinski definition) is 0. The molecule has 0 saturated carbocycles. The van der Waals surface area contributed by atoms with Gasteiger partial charge in [0, 0.05) is 6.54 Å². The predicted molar refractivity (Wildman–Crippen MR) is 75.3 cm³/mol. The van der Waals surface area contributed by atoms with E-state index in [4.69, 9.17) is 0 Å². The number of nitrogens with zero attached hydrogens (tertiary/aromatic N) is 2. The molecular weight excluding hydrogens is 295 g/mol. The Bertz CT molecular complexity index is 683. The number of isocyanates is 1. The van der Waals surface area contributed by atoms with E-state index in [1.807, 2.05) is 6.92 Å². The second-order valence-electron chi connectivity index (χ2n) is 5.28. The van der Waals surface area contributed by atoms with Crippen LogP contribution in [0, 0.1) is 18.7 Å². The van der Waals surface area contributed by atoms with Crippen molar-refractivity contribution >= 4 is 16.1 Å². The fraction of sp³-hybridized carbons (Fsp3) is 0.500. The molecule has 0 spiro atoms. The summed E-state index contributed by atoms with van der Waals surface area (Å²) < 4.78 is 39.9. The second kappa shape index (κ2) is 6.05. The van der Waals surface area contributed by atoms with Crippen molar-refractivity contribution in [3.63, 3.8) is 0 Å². The van der Waals surface area contributed by atoms with Gasteiger partial charge in [0.05, 0.1) is 4.90 Å². The molecule has 0 aromatic heterocycles. The molecule has 2 rings (SSSR count). The van der Waals surface area contributed by atoms with Crippen LogP contribution in [-0.2, 0) is 14.8 Å². The van der Waals surface area contributed by atoms with Crippen molar-refractivity contribution in [1.82, 2.24) is 4.31 Å².